The Morgan fingerprint density at radius 2 is 1.98 bits per heavy atom. The number of nitrogens with zero attached hydrogens (tertiary/aromatic N) is 4. The molecule has 0 radical (unpaired) electrons. The van der Waals surface area contributed by atoms with Crippen molar-refractivity contribution in [1.82, 2.24) is 19.9 Å². The van der Waals surface area contributed by atoms with Crippen LogP contribution in [0.25, 0.3) is 10.9 Å². The average molecular weight is 573 g/mol. The minimum atomic E-state index is -0.344. The Morgan fingerprint density at radius 1 is 1.10 bits per heavy atom. The van der Waals surface area contributed by atoms with Gasteiger partial charge in [-0.2, -0.15) is 0 Å². The Kier molecular flexibility index (Phi) is 7.69. The molecule has 2 fully saturated rings. The standard InChI is InChI=1S/C30H29ClN6O4/c1-2-28(38)36-25-12-22-24(13-27(25)40-10-9-37-15-30(16-37)17-39-18-30)33-19-34-29(22)35-20-6-7-26(23(31)11-20)41-14-21-5-3-4-8-32-21/h2-8,11-13,19H,1,9-10,14-18H2,(H,36,38)(H,33,34,35). The molecule has 0 saturated carbocycles. The number of fused-ring (bicyclic) bond motifs is 1. The fourth-order valence-electron chi connectivity index (χ4n) is 4.97. The summed E-state index contributed by atoms with van der Waals surface area (Å²) in [4.78, 5) is 27.7. The van der Waals surface area contributed by atoms with Gasteiger partial charge in [0, 0.05) is 48.4 Å². The monoisotopic (exact) mass is 572 g/mol. The van der Waals surface area contributed by atoms with E-state index < -0.39 is 0 Å². The molecule has 10 nitrogen and oxygen atoms in total. The molecule has 1 spiro atoms. The number of nitrogens with one attached hydrogen (secondary N) is 2. The van der Waals surface area contributed by atoms with Crippen molar-refractivity contribution < 1.29 is 19.0 Å². The third-order valence-electron chi connectivity index (χ3n) is 7.08. The fraction of sp³-hybridized carbons (Fsp3) is 0.267. The van der Waals surface area contributed by atoms with Gasteiger partial charge in [0.25, 0.3) is 0 Å². The molecule has 210 valence electrons. The van der Waals surface area contributed by atoms with Crippen molar-refractivity contribution >= 4 is 45.6 Å². The molecular formula is C30H29ClN6O4. The molecule has 11 heteroatoms. The van der Waals surface area contributed by atoms with E-state index in [4.69, 9.17) is 25.8 Å². The van der Waals surface area contributed by atoms with Crippen molar-refractivity contribution in [2.45, 2.75) is 6.61 Å². The number of carbonyl (C=O) groups is 1. The van der Waals surface area contributed by atoms with Crippen LogP contribution in [0.4, 0.5) is 17.2 Å². The normalized spacial score (nSPS) is 15.5. The number of carbonyl (C=O) groups excluding carboxylic acids is 1. The molecule has 2 saturated heterocycles. The Morgan fingerprint density at radius 3 is 2.71 bits per heavy atom. The minimum Gasteiger partial charge on any atom is -0.490 e. The Balaban J connectivity index is 1.17. The lowest BCUT2D eigenvalue weighted by atomic mass is 9.78. The number of amides is 1. The second-order valence-corrected chi connectivity index (χ2v) is 10.6. The second-order valence-electron chi connectivity index (χ2n) is 10.2. The van der Waals surface area contributed by atoms with Gasteiger partial charge in [-0.1, -0.05) is 24.2 Å². The molecule has 6 rings (SSSR count). The van der Waals surface area contributed by atoms with Crippen LogP contribution in [0.2, 0.25) is 5.02 Å². The molecule has 2 aromatic carbocycles. The summed E-state index contributed by atoms with van der Waals surface area (Å²) >= 11 is 6.51. The van der Waals surface area contributed by atoms with E-state index in [1.54, 1.807) is 30.5 Å². The summed E-state index contributed by atoms with van der Waals surface area (Å²) in [6.45, 7) is 8.88. The maximum absolute atomic E-state index is 12.2. The number of hydrogen-bond acceptors (Lipinski definition) is 9. The van der Waals surface area contributed by atoms with Crippen LogP contribution in [-0.4, -0.2) is 65.2 Å². The van der Waals surface area contributed by atoms with Gasteiger partial charge in [0.05, 0.1) is 35.1 Å². The van der Waals surface area contributed by atoms with Gasteiger partial charge in [-0.3, -0.25) is 14.7 Å². The van der Waals surface area contributed by atoms with Gasteiger partial charge < -0.3 is 24.8 Å². The van der Waals surface area contributed by atoms with Crippen LogP contribution in [0.15, 0.2) is 73.7 Å². The van der Waals surface area contributed by atoms with E-state index in [0.29, 0.717) is 63.2 Å². The van der Waals surface area contributed by atoms with Crippen LogP contribution in [0.1, 0.15) is 5.69 Å². The number of hydrogen-bond donors (Lipinski definition) is 2. The summed E-state index contributed by atoms with van der Waals surface area (Å²) in [5.41, 5.74) is 3.03. The summed E-state index contributed by atoms with van der Waals surface area (Å²) in [6.07, 6.45) is 4.41. The number of halogens is 1. The van der Waals surface area contributed by atoms with Crippen LogP contribution in [0.3, 0.4) is 0 Å². The molecule has 4 heterocycles. The Bertz CT molecular complexity index is 1570. The first-order chi connectivity index (χ1) is 20.0. The number of aromatic nitrogens is 3. The summed E-state index contributed by atoms with van der Waals surface area (Å²) in [7, 11) is 0. The third-order valence-corrected chi connectivity index (χ3v) is 7.37. The smallest absolute Gasteiger partial charge is 0.247 e. The van der Waals surface area contributed by atoms with E-state index >= 15 is 0 Å². The minimum absolute atomic E-state index is 0.307. The van der Waals surface area contributed by atoms with E-state index in [9.17, 15) is 4.79 Å². The molecule has 2 N–H and O–H groups in total. The zero-order valence-electron chi connectivity index (χ0n) is 22.3. The number of anilines is 3. The number of benzene rings is 2. The molecule has 1 amide bonds. The van der Waals surface area contributed by atoms with Gasteiger partial charge >= 0.3 is 0 Å². The molecule has 41 heavy (non-hydrogen) atoms. The molecule has 2 aliphatic rings. The van der Waals surface area contributed by atoms with Gasteiger partial charge in [-0.25, -0.2) is 9.97 Å². The van der Waals surface area contributed by atoms with Gasteiger partial charge in [0.15, 0.2) is 0 Å². The van der Waals surface area contributed by atoms with Crippen LogP contribution >= 0.6 is 11.6 Å². The lowest BCUT2D eigenvalue weighted by molar-refractivity contribution is -0.189. The molecular weight excluding hydrogens is 544 g/mol. The summed E-state index contributed by atoms with van der Waals surface area (Å²) in [6, 6.07) is 14.6. The largest absolute Gasteiger partial charge is 0.490 e. The van der Waals surface area contributed by atoms with Gasteiger partial charge in [-0.15, -0.1) is 0 Å². The van der Waals surface area contributed by atoms with E-state index in [1.165, 1.54) is 12.4 Å². The number of likely N-dealkylation sites (tertiary alicyclic amines) is 1. The summed E-state index contributed by atoms with van der Waals surface area (Å²) < 4.78 is 17.3. The van der Waals surface area contributed by atoms with Crippen LogP contribution in [-0.2, 0) is 16.1 Å². The predicted octanol–water partition coefficient (Wildman–Crippen LogP) is 4.84. The van der Waals surface area contributed by atoms with Gasteiger partial charge in [-0.05, 0) is 42.5 Å². The first-order valence-electron chi connectivity index (χ1n) is 13.2. The first kappa shape index (κ1) is 26.9. The number of pyridine rings is 1. The van der Waals surface area contributed by atoms with Crippen molar-refractivity contribution in [3.63, 3.8) is 0 Å². The molecule has 2 aliphatic heterocycles. The molecule has 4 aromatic rings. The highest BCUT2D eigenvalue weighted by atomic mass is 35.5. The van der Waals surface area contributed by atoms with Crippen molar-refractivity contribution in [3.05, 3.63) is 84.4 Å². The van der Waals surface area contributed by atoms with Crippen molar-refractivity contribution in [3.8, 4) is 11.5 Å². The SMILES string of the molecule is C=CC(=O)Nc1cc2c(Nc3ccc(OCc4ccccn4)c(Cl)c3)ncnc2cc1OCCN1CC2(COC2)C1. The van der Waals surface area contributed by atoms with Crippen LogP contribution in [0, 0.1) is 5.41 Å². The predicted molar refractivity (Wildman–Crippen MR) is 157 cm³/mol. The van der Waals surface area contributed by atoms with Crippen molar-refractivity contribution in [2.24, 2.45) is 5.41 Å². The molecule has 0 aliphatic carbocycles. The van der Waals surface area contributed by atoms with Crippen molar-refractivity contribution in [1.29, 1.82) is 0 Å². The zero-order chi connectivity index (χ0) is 28.2. The quantitative estimate of drug-likeness (QED) is 0.244. The van der Waals surface area contributed by atoms with Gasteiger partial charge in [0.1, 0.15) is 36.9 Å². The second kappa shape index (κ2) is 11.7. The van der Waals surface area contributed by atoms with E-state index in [0.717, 1.165) is 38.5 Å². The molecule has 0 bridgehead atoms. The molecule has 0 unspecified atom stereocenters. The summed E-state index contributed by atoms with van der Waals surface area (Å²) in [5, 5.41) is 7.28. The highest BCUT2D eigenvalue weighted by molar-refractivity contribution is 6.32. The first-order valence-corrected chi connectivity index (χ1v) is 13.6. The van der Waals surface area contributed by atoms with E-state index in [-0.39, 0.29) is 5.91 Å². The van der Waals surface area contributed by atoms with Crippen molar-refractivity contribution in [2.75, 3.05) is 50.1 Å². The topological polar surface area (TPSA) is 111 Å². The zero-order valence-corrected chi connectivity index (χ0v) is 23.1. The highest BCUT2D eigenvalue weighted by Crippen LogP contribution is 2.38. The number of ether oxygens (including phenoxy) is 3. The summed E-state index contributed by atoms with van der Waals surface area (Å²) in [5.74, 6) is 1.27. The highest BCUT2D eigenvalue weighted by Gasteiger charge is 2.48. The Hall–Kier alpha value is -4.25. The molecule has 0 atom stereocenters. The van der Waals surface area contributed by atoms with E-state index in [1.807, 2.05) is 24.3 Å². The Labute approximate surface area is 242 Å². The van der Waals surface area contributed by atoms with Gasteiger partial charge in [0.2, 0.25) is 5.91 Å². The van der Waals surface area contributed by atoms with Crippen LogP contribution < -0.4 is 20.1 Å². The lowest BCUT2D eigenvalue weighted by Crippen LogP contribution is -2.66. The maximum atomic E-state index is 12.2. The van der Waals surface area contributed by atoms with Crippen LogP contribution in [0.5, 0.6) is 11.5 Å². The third kappa shape index (κ3) is 6.09. The van der Waals surface area contributed by atoms with E-state index in [2.05, 4.69) is 37.1 Å². The number of rotatable bonds is 11. The molecule has 2 aromatic heterocycles. The maximum Gasteiger partial charge on any atom is 0.247 e. The average Bonchev–Trinajstić information content (AvgIpc) is 2.93. The lowest BCUT2D eigenvalue weighted by Gasteiger charge is -2.55. The fourth-order valence-corrected chi connectivity index (χ4v) is 5.21.